The molecule has 7 nitrogen and oxygen atoms in total. The number of nitro groups is 1. The van der Waals surface area contributed by atoms with Gasteiger partial charge >= 0.3 is 0 Å². The number of fused-ring (bicyclic) bond motifs is 3. The van der Waals surface area contributed by atoms with Gasteiger partial charge in [-0.15, -0.1) is 0 Å². The average Bonchev–Trinajstić information content (AvgIpc) is 2.87. The molecule has 0 spiro atoms. The lowest BCUT2D eigenvalue weighted by molar-refractivity contribution is -0.384. The summed E-state index contributed by atoms with van der Waals surface area (Å²) in [6.45, 7) is 1.84. The number of benzene rings is 3. The fourth-order valence-electron chi connectivity index (χ4n) is 5.06. The second-order valence-electron chi connectivity index (χ2n) is 8.87. The number of nitro benzene ring substituents is 1. The number of carbonyl (C=O) groups excluding carboxylic acids is 1. The number of halogens is 2. The van der Waals surface area contributed by atoms with Crippen molar-refractivity contribution in [3.8, 4) is 0 Å². The molecule has 0 unspecified atom stereocenters. The Morgan fingerprint density at radius 3 is 2.57 bits per heavy atom. The summed E-state index contributed by atoms with van der Waals surface area (Å²) in [5.74, 6) is -1.44. The Hall–Kier alpha value is -4.01. The zero-order chi connectivity index (χ0) is 24.5. The van der Waals surface area contributed by atoms with E-state index in [0.717, 1.165) is 16.9 Å². The Morgan fingerprint density at radius 1 is 1.06 bits per heavy atom. The number of nitrogens with zero attached hydrogens (tertiary/aromatic N) is 3. The van der Waals surface area contributed by atoms with Crippen LogP contribution in [0, 0.1) is 27.7 Å². The van der Waals surface area contributed by atoms with Crippen LogP contribution in [-0.4, -0.2) is 36.5 Å². The molecule has 0 saturated carbocycles. The first-order chi connectivity index (χ1) is 16.9. The molecule has 3 aromatic rings. The zero-order valence-electron chi connectivity index (χ0n) is 18.9. The molecule has 1 fully saturated rings. The third-order valence-corrected chi connectivity index (χ3v) is 6.85. The van der Waals surface area contributed by atoms with Crippen LogP contribution in [0.3, 0.4) is 0 Å². The molecule has 0 bridgehead atoms. The summed E-state index contributed by atoms with van der Waals surface area (Å²) in [4.78, 5) is 28.6. The quantitative estimate of drug-likeness (QED) is 0.442. The highest BCUT2D eigenvalue weighted by Crippen LogP contribution is 2.38. The van der Waals surface area contributed by atoms with Crippen LogP contribution in [-0.2, 0) is 17.8 Å². The number of hydrogen-bond donors (Lipinski definition) is 1. The third-order valence-electron chi connectivity index (χ3n) is 6.85. The second-order valence-corrected chi connectivity index (χ2v) is 8.87. The van der Waals surface area contributed by atoms with E-state index in [1.54, 1.807) is 36.4 Å². The Bertz CT molecular complexity index is 1270. The predicted molar refractivity (Wildman–Crippen MR) is 128 cm³/mol. The Labute approximate surface area is 201 Å². The smallest absolute Gasteiger partial charge is 0.269 e. The number of piperazine rings is 1. The van der Waals surface area contributed by atoms with E-state index >= 15 is 0 Å². The first-order valence-electron chi connectivity index (χ1n) is 11.5. The molecule has 3 aromatic carbocycles. The fraction of sp³-hybridized carbons (Fsp3) is 0.269. The van der Waals surface area contributed by atoms with Crippen molar-refractivity contribution in [2.75, 3.05) is 29.4 Å². The summed E-state index contributed by atoms with van der Waals surface area (Å²) < 4.78 is 27.5. The minimum absolute atomic E-state index is 0.0161. The van der Waals surface area contributed by atoms with Crippen molar-refractivity contribution in [2.45, 2.75) is 19.0 Å². The number of rotatable bonds is 5. The number of amides is 1. The number of nitrogens with one attached hydrogen (secondary N) is 1. The van der Waals surface area contributed by atoms with Gasteiger partial charge in [0.25, 0.3) is 5.69 Å². The van der Waals surface area contributed by atoms with Gasteiger partial charge in [0.15, 0.2) is 0 Å². The lowest BCUT2D eigenvalue weighted by Gasteiger charge is -2.49. The van der Waals surface area contributed by atoms with Crippen LogP contribution in [0.15, 0.2) is 66.7 Å². The van der Waals surface area contributed by atoms with Gasteiger partial charge in [-0.05, 0) is 48.4 Å². The van der Waals surface area contributed by atoms with Gasteiger partial charge in [-0.3, -0.25) is 14.9 Å². The summed E-state index contributed by atoms with van der Waals surface area (Å²) in [5, 5.41) is 14.2. The molecule has 2 atom stereocenters. The molecular weight excluding hydrogens is 454 g/mol. The van der Waals surface area contributed by atoms with E-state index < -0.39 is 10.8 Å². The Kier molecular flexibility index (Phi) is 6.07. The molecule has 2 aliphatic heterocycles. The van der Waals surface area contributed by atoms with E-state index in [2.05, 4.69) is 15.1 Å². The number of anilines is 2. The van der Waals surface area contributed by atoms with Crippen molar-refractivity contribution in [2.24, 2.45) is 5.92 Å². The Balaban J connectivity index is 1.43. The van der Waals surface area contributed by atoms with Gasteiger partial charge in [-0.25, -0.2) is 8.78 Å². The maximum atomic E-state index is 14.1. The molecule has 35 heavy (non-hydrogen) atoms. The van der Waals surface area contributed by atoms with Crippen LogP contribution in [0.1, 0.15) is 11.1 Å². The van der Waals surface area contributed by atoms with Gasteiger partial charge in [0.1, 0.15) is 11.6 Å². The fourth-order valence-corrected chi connectivity index (χ4v) is 5.06. The Morgan fingerprint density at radius 2 is 1.83 bits per heavy atom. The van der Waals surface area contributed by atoms with Crippen LogP contribution in [0.5, 0.6) is 0 Å². The lowest BCUT2D eigenvalue weighted by atomic mass is 9.83. The minimum Gasteiger partial charge on any atom is -0.368 e. The SMILES string of the molecule is O=C(NCc1ccccc1F)[C@H]1Cc2cc([N+](=O)[O-])ccc2N2CCN(c3ccc(F)cc3)C[C@H]12. The number of hydrogen-bond acceptors (Lipinski definition) is 5. The maximum absolute atomic E-state index is 14.1. The van der Waals surface area contributed by atoms with Crippen LogP contribution >= 0.6 is 0 Å². The molecule has 1 N–H and O–H groups in total. The summed E-state index contributed by atoms with van der Waals surface area (Å²) >= 11 is 0. The van der Waals surface area contributed by atoms with E-state index in [4.69, 9.17) is 0 Å². The van der Waals surface area contributed by atoms with Gasteiger partial charge in [0, 0.05) is 55.2 Å². The first-order valence-corrected chi connectivity index (χ1v) is 11.5. The van der Waals surface area contributed by atoms with Crippen molar-refractivity contribution in [3.63, 3.8) is 0 Å². The lowest BCUT2D eigenvalue weighted by Crippen LogP contribution is -2.61. The van der Waals surface area contributed by atoms with Crippen molar-refractivity contribution >= 4 is 23.0 Å². The third kappa shape index (κ3) is 4.53. The van der Waals surface area contributed by atoms with Crippen molar-refractivity contribution < 1.29 is 18.5 Å². The highest BCUT2D eigenvalue weighted by molar-refractivity contribution is 5.82. The molecule has 2 aliphatic rings. The van der Waals surface area contributed by atoms with Crippen LogP contribution in [0.4, 0.5) is 25.8 Å². The largest absolute Gasteiger partial charge is 0.368 e. The average molecular weight is 478 g/mol. The molecule has 1 saturated heterocycles. The molecule has 5 rings (SSSR count). The van der Waals surface area contributed by atoms with E-state index in [1.165, 1.54) is 30.3 Å². The molecule has 0 radical (unpaired) electrons. The van der Waals surface area contributed by atoms with Gasteiger partial charge in [-0.1, -0.05) is 18.2 Å². The first kappa shape index (κ1) is 22.8. The van der Waals surface area contributed by atoms with Crippen LogP contribution in [0.25, 0.3) is 0 Å². The van der Waals surface area contributed by atoms with Crippen LogP contribution < -0.4 is 15.1 Å². The van der Waals surface area contributed by atoms with Crippen molar-refractivity contribution in [1.82, 2.24) is 5.32 Å². The molecular formula is C26H24F2N4O3. The highest BCUT2D eigenvalue weighted by atomic mass is 19.1. The van der Waals surface area contributed by atoms with E-state index in [1.807, 2.05) is 0 Å². The predicted octanol–water partition coefficient (Wildman–Crippen LogP) is 4.06. The van der Waals surface area contributed by atoms with Crippen LogP contribution in [0.2, 0.25) is 0 Å². The number of carbonyl (C=O) groups is 1. The topological polar surface area (TPSA) is 78.7 Å². The second kappa shape index (κ2) is 9.32. The summed E-state index contributed by atoms with van der Waals surface area (Å²) in [7, 11) is 0. The molecule has 180 valence electrons. The van der Waals surface area contributed by atoms with Crippen molar-refractivity contribution in [1.29, 1.82) is 0 Å². The minimum atomic E-state index is -0.500. The maximum Gasteiger partial charge on any atom is 0.269 e. The number of non-ortho nitro benzene ring substituents is 1. The molecule has 2 heterocycles. The van der Waals surface area contributed by atoms with Gasteiger partial charge in [0.2, 0.25) is 5.91 Å². The van der Waals surface area contributed by atoms with E-state index in [9.17, 15) is 23.7 Å². The van der Waals surface area contributed by atoms with E-state index in [0.29, 0.717) is 31.6 Å². The van der Waals surface area contributed by atoms with Crippen molar-refractivity contribution in [3.05, 3.63) is 99.6 Å². The summed E-state index contributed by atoms with van der Waals surface area (Å²) in [5.41, 5.74) is 2.87. The highest BCUT2D eigenvalue weighted by Gasteiger charge is 2.42. The molecule has 0 aromatic heterocycles. The van der Waals surface area contributed by atoms with Gasteiger partial charge in [0.05, 0.1) is 16.9 Å². The zero-order valence-corrected chi connectivity index (χ0v) is 18.9. The van der Waals surface area contributed by atoms with E-state index in [-0.39, 0.29) is 35.8 Å². The molecule has 0 aliphatic carbocycles. The monoisotopic (exact) mass is 478 g/mol. The van der Waals surface area contributed by atoms with Gasteiger partial charge in [-0.2, -0.15) is 0 Å². The molecule has 9 heteroatoms. The molecule has 1 amide bonds. The standard InChI is InChI=1S/C26H24F2N4O3/c27-19-5-7-20(8-6-19)30-11-12-31-24-10-9-21(32(34)35)13-18(24)14-22(25(31)16-30)26(33)29-15-17-3-1-2-4-23(17)28/h1-10,13,22,25H,11-12,14-16H2,(H,29,33)/t22-,25+/m0/s1. The van der Waals surface area contributed by atoms with Gasteiger partial charge < -0.3 is 15.1 Å². The summed E-state index contributed by atoms with van der Waals surface area (Å²) in [6, 6.07) is 17.1. The normalized spacial score (nSPS) is 19.0. The summed E-state index contributed by atoms with van der Waals surface area (Å²) in [6.07, 6.45) is 0.332.